The van der Waals surface area contributed by atoms with Gasteiger partial charge in [-0.1, -0.05) is 30.3 Å². The Balaban J connectivity index is 2.13. The molecule has 0 bridgehead atoms. The Labute approximate surface area is 94.4 Å². The molecule has 0 radical (unpaired) electrons. The molecule has 0 amide bonds. The Kier molecular flexibility index (Phi) is 2.26. The van der Waals surface area contributed by atoms with E-state index in [1.807, 2.05) is 41.1 Å². The van der Waals surface area contributed by atoms with E-state index in [1.54, 1.807) is 0 Å². The molecule has 3 rings (SSSR count). The molecule has 3 nitrogen and oxygen atoms in total. The Hall–Kier alpha value is -1.61. The highest BCUT2D eigenvalue weighted by atomic mass is 16.3. The van der Waals surface area contributed by atoms with Crippen LogP contribution < -0.4 is 0 Å². The number of hydrogen-bond acceptors (Lipinski definition) is 2. The van der Waals surface area contributed by atoms with Crippen molar-refractivity contribution in [3.8, 4) is 11.4 Å². The van der Waals surface area contributed by atoms with Gasteiger partial charge < -0.3 is 9.67 Å². The van der Waals surface area contributed by atoms with E-state index in [9.17, 15) is 5.11 Å². The lowest BCUT2D eigenvalue weighted by Crippen LogP contribution is -2.17. The van der Waals surface area contributed by atoms with Crippen molar-refractivity contribution in [1.82, 2.24) is 9.55 Å². The summed E-state index contributed by atoms with van der Waals surface area (Å²) < 4.78 is 1.96. The summed E-state index contributed by atoms with van der Waals surface area (Å²) in [5.41, 5.74) is 2.20. The lowest BCUT2D eigenvalue weighted by Gasteiger charge is -2.22. The van der Waals surface area contributed by atoms with E-state index in [-0.39, 0.29) is 0 Å². The lowest BCUT2D eigenvalue weighted by molar-refractivity contribution is 0.0807. The van der Waals surface area contributed by atoms with Crippen molar-refractivity contribution in [3.63, 3.8) is 0 Å². The average molecular weight is 214 g/mol. The van der Waals surface area contributed by atoms with Crippen LogP contribution in [-0.2, 0) is 6.42 Å². The van der Waals surface area contributed by atoms with Gasteiger partial charge >= 0.3 is 0 Å². The maximum Gasteiger partial charge on any atom is 0.142 e. The van der Waals surface area contributed by atoms with Crippen LogP contribution in [0.5, 0.6) is 0 Å². The number of aliphatic hydroxyl groups excluding tert-OH is 1. The zero-order valence-corrected chi connectivity index (χ0v) is 9.00. The van der Waals surface area contributed by atoms with Crippen LogP contribution in [0.4, 0.5) is 0 Å². The maximum atomic E-state index is 10.0. The molecule has 2 aromatic rings. The number of aromatic nitrogens is 2. The van der Waals surface area contributed by atoms with Gasteiger partial charge in [0.1, 0.15) is 12.1 Å². The smallest absolute Gasteiger partial charge is 0.142 e. The first kappa shape index (κ1) is 9.60. The van der Waals surface area contributed by atoms with E-state index in [1.165, 1.54) is 0 Å². The van der Waals surface area contributed by atoms with Gasteiger partial charge in [-0.25, -0.2) is 4.98 Å². The molecule has 1 atom stereocenters. The highest BCUT2D eigenvalue weighted by Gasteiger charge is 2.21. The average Bonchev–Trinajstić information content (AvgIpc) is 2.75. The molecule has 1 N–H and O–H groups in total. The van der Waals surface area contributed by atoms with Gasteiger partial charge in [-0.2, -0.15) is 0 Å². The van der Waals surface area contributed by atoms with E-state index < -0.39 is 6.23 Å². The summed E-state index contributed by atoms with van der Waals surface area (Å²) in [5, 5.41) is 10.0. The number of nitrogens with zero attached hydrogens (tertiary/aromatic N) is 2. The van der Waals surface area contributed by atoms with Gasteiger partial charge in [0.15, 0.2) is 0 Å². The molecule has 2 heterocycles. The molecule has 0 spiro atoms. The van der Waals surface area contributed by atoms with Crippen LogP contribution in [0.15, 0.2) is 36.5 Å². The Morgan fingerprint density at radius 3 is 2.88 bits per heavy atom. The molecule has 0 saturated carbocycles. The molecular formula is C13H14N2O. The molecule has 1 aromatic heterocycles. The van der Waals surface area contributed by atoms with E-state index in [4.69, 9.17) is 0 Å². The van der Waals surface area contributed by atoms with Gasteiger partial charge in [-0.15, -0.1) is 0 Å². The van der Waals surface area contributed by atoms with Crippen LogP contribution in [0.1, 0.15) is 24.8 Å². The molecule has 1 aliphatic rings. The molecule has 1 aromatic carbocycles. The van der Waals surface area contributed by atoms with Crippen molar-refractivity contribution >= 4 is 0 Å². The number of fused-ring (bicyclic) bond motifs is 1. The third-order valence-corrected chi connectivity index (χ3v) is 3.10. The summed E-state index contributed by atoms with van der Waals surface area (Å²) in [4.78, 5) is 4.42. The number of hydrogen-bond donors (Lipinski definition) is 1. The first-order chi connectivity index (χ1) is 7.86. The highest BCUT2D eigenvalue weighted by molar-refractivity contribution is 5.56. The monoisotopic (exact) mass is 214 g/mol. The minimum absolute atomic E-state index is 0.415. The van der Waals surface area contributed by atoms with Crippen molar-refractivity contribution in [2.45, 2.75) is 25.5 Å². The summed E-state index contributed by atoms with van der Waals surface area (Å²) in [6.07, 6.45) is 4.34. The summed E-state index contributed by atoms with van der Waals surface area (Å²) >= 11 is 0. The largest absolute Gasteiger partial charge is 0.373 e. The molecule has 3 heteroatoms. The van der Waals surface area contributed by atoms with Gasteiger partial charge in [0.25, 0.3) is 0 Å². The second-order valence-corrected chi connectivity index (χ2v) is 4.18. The van der Waals surface area contributed by atoms with Gasteiger partial charge in [-0.3, -0.25) is 0 Å². The van der Waals surface area contributed by atoms with Crippen LogP contribution in [0.3, 0.4) is 0 Å². The fourth-order valence-corrected chi connectivity index (χ4v) is 2.31. The normalized spacial score (nSPS) is 19.4. The third kappa shape index (κ3) is 1.44. The Morgan fingerprint density at radius 1 is 1.25 bits per heavy atom. The van der Waals surface area contributed by atoms with E-state index in [0.29, 0.717) is 0 Å². The quantitative estimate of drug-likeness (QED) is 0.791. The zero-order chi connectivity index (χ0) is 11.0. The molecular weight excluding hydrogens is 200 g/mol. The molecule has 82 valence electrons. The minimum atomic E-state index is -0.415. The van der Waals surface area contributed by atoms with Gasteiger partial charge in [-0.05, 0) is 19.3 Å². The summed E-state index contributed by atoms with van der Waals surface area (Å²) in [6.45, 7) is 0. The second-order valence-electron chi connectivity index (χ2n) is 4.18. The second kappa shape index (κ2) is 3.76. The van der Waals surface area contributed by atoms with Crippen LogP contribution in [0.25, 0.3) is 11.4 Å². The lowest BCUT2D eigenvalue weighted by atomic mass is 10.1. The van der Waals surface area contributed by atoms with Crippen molar-refractivity contribution in [2.75, 3.05) is 0 Å². The molecule has 0 aliphatic carbocycles. The predicted molar refractivity (Wildman–Crippen MR) is 61.9 cm³/mol. The summed E-state index contributed by atoms with van der Waals surface area (Å²) in [5.74, 6) is 0.878. The molecule has 1 unspecified atom stereocenters. The number of aliphatic hydroxyl groups is 1. The fourth-order valence-electron chi connectivity index (χ4n) is 2.31. The van der Waals surface area contributed by atoms with Crippen molar-refractivity contribution in [1.29, 1.82) is 0 Å². The van der Waals surface area contributed by atoms with Crippen LogP contribution in [0.2, 0.25) is 0 Å². The standard InChI is InChI=1S/C13H14N2O/c16-12-8-4-7-11-9-14-13(15(11)12)10-5-2-1-3-6-10/h1-3,5-6,9,12,16H,4,7-8H2. The van der Waals surface area contributed by atoms with Gasteiger partial charge in [0, 0.05) is 17.5 Å². The van der Waals surface area contributed by atoms with Crippen molar-refractivity contribution < 1.29 is 5.11 Å². The van der Waals surface area contributed by atoms with Crippen LogP contribution >= 0.6 is 0 Å². The summed E-state index contributed by atoms with van der Waals surface area (Å²) in [6, 6.07) is 10.0. The third-order valence-electron chi connectivity index (χ3n) is 3.10. The van der Waals surface area contributed by atoms with Gasteiger partial charge in [0.2, 0.25) is 0 Å². The summed E-state index contributed by atoms with van der Waals surface area (Å²) in [7, 11) is 0. The molecule has 0 fully saturated rings. The fraction of sp³-hybridized carbons (Fsp3) is 0.308. The topological polar surface area (TPSA) is 38.1 Å². The Bertz CT molecular complexity index is 490. The van der Waals surface area contributed by atoms with E-state index in [0.717, 1.165) is 36.3 Å². The minimum Gasteiger partial charge on any atom is -0.373 e. The number of rotatable bonds is 1. The Morgan fingerprint density at radius 2 is 2.06 bits per heavy atom. The number of aryl methyl sites for hydroxylation is 1. The van der Waals surface area contributed by atoms with E-state index >= 15 is 0 Å². The molecule has 0 saturated heterocycles. The van der Waals surface area contributed by atoms with Crippen molar-refractivity contribution in [2.24, 2.45) is 0 Å². The number of imidazole rings is 1. The SMILES string of the molecule is OC1CCCc2cnc(-c3ccccc3)n21. The highest BCUT2D eigenvalue weighted by Crippen LogP contribution is 2.29. The van der Waals surface area contributed by atoms with E-state index in [2.05, 4.69) is 4.98 Å². The maximum absolute atomic E-state index is 10.0. The van der Waals surface area contributed by atoms with Crippen LogP contribution in [-0.4, -0.2) is 14.7 Å². The zero-order valence-electron chi connectivity index (χ0n) is 9.00. The first-order valence-corrected chi connectivity index (χ1v) is 5.66. The number of benzene rings is 1. The van der Waals surface area contributed by atoms with Crippen LogP contribution in [0, 0.1) is 0 Å². The molecule has 1 aliphatic heterocycles. The first-order valence-electron chi connectivity index (χ1n) is 5.66. The predicted octanol–water partition coefficient (Wildman–Crippen LogP) is 2.38. The van der Waals surface area contributed by atoms with Gasteiger partial charge in [0.05, 0.1) is 0 Å². The van der Waals surface area contributed by atoms with Crippen molar-refractivity contribution in [3.05, 3.63) is 42.2 Å². The molecule has 16 heavy (non-hydrogen) atoms.